The molecular weight excluding hydrogens is 178 g/mol. The molecule has 0 radical (unpaired) electrons. The van der Waals surface area contributed by atoms with Gasteiger partial charge in [-0.1, -0.05) is 6.92 Å². The lowest BCUT2D eigenvalue weighted by Crippen LogP contribution is -2.25. The fraction of sp³-hybridized carbons (Fsp3) is 0.600. The van der Waals surface area contributed by atoms with E-state index in [9.17, 15) is 4.79 Å². The lowest BCUT2D eigenvalue weighted by Gasteiger charge is -2.04. The average Bonchev–Trinajstić information content (AvgIpc) is 2.65. The molecule has 0 atom stereocenters. The van der Waals surface area contributed by atoms with Crippen LogP contribution in [0.4, 0.5) is 0 Å². The van der Waals surface area contributed by atoms with Crippen molar-refractivity contribution in [1.82, 2.24) is 15.1 Å². The molecule has 4 heteroatoms. The molecule has 0 saturated carbocycles. The molecule has 0 unspecified atom stereocenters. The quantitative estimate of drug-likeness (QED) is 0.546. The Bertz CT molecular complexity index is 293. The Morgan fingerprint density at radius 2 is 2.36 bits per heavy atom. The van der Waals surface area contributed by atoms with Crippen LogP contribution in [0.2, 0.25) is 0 Å². The van der Waals surface area contributed by atoms with Gasteiger partial charge in [-0.3, -0.25) is 9.48 Å². The third-order valence-corrected chi connectivity index (χ3v) is 2.01. The molecule has 0 saturated heterocycles. The first-order valence-corrected chi connectivity index (χ1v) is 5.05. The summed E-state index contributed by atoms with van der Waals surface area (Å²) in [4.78, 5) is 11.6. The van der Waals surface area contributed by atoms with Gasteiger partial charge < -0.3 is 5.32 Å². The average molecular weight is 195 g/mol. The summed E-state index contributed by atoms with van der Waals surface area (Å²) in [6.07, 6.45) is 2.71. The summed E-state index contributed by atoms with van der Waals surface area (Å²) >= 11 is 0. The molecule has 0 aliphatic rings. The van der Waals surface area contributed by atoms with Crippen LogP contribution in [0.1, 0.15) is 30.8 Å². The number of nitrogens with zero attached hydrogens (tertiary/aromatic N) is 2. The SMILES string of the molecule is CCCNCC(=O)c1ccnn1CC. The van der Waals surface area contributed by atoms with Crippen LogP contribution in [-0.4, -0.2) is 28.7 Å². The topological polar surface area (TPSA) is 46.9 Å². The van der Waals surface area contributed by atoms with E-state index in [1.54, 1.807) is 16.9 Å². The molecule has 78 valence electrons. The lowest BCUT2D eigenvalue weighted by atomic mass is 10.3. The molecule has 4 nitrogen and oxygen atoms in total. The van der Waals surface area contributed by atoms with Crippen LogP contribution in [0.15, 0.2) is 12.3 Å². The van der Waals surface area contributed by atoms with Gasteiger partial charge in [-0.05, 0) is 26.0 Å². The van der Waals surface area contributed by atoms with Crippen molar-refractivity contribution < 1.29 is 4.79 Å². The van der Waals surface area contributed by atoms with E-state index in [-0.39, 0.29) is 5.78 Å². The fourth-order valence-electron chi connectivity index (χ4n) is 1.29. The summed E-state index contributed by atoms with van der Waals surface area (Å²) in [7, 11) is 0. The predicted molar refractivity (Wildman–Crippen MR) is 55.4 cm³/mol. The van der Waals surface area contributed by atoms with Crippen molar-refractivity contribution in [3.05, 3.63) is 18.0 Å². The van der Waals surface area contributed by atoms with Crippen molar-refractivity contribution in [2.75, 3.05) is 13.1 Å². The van der Waals surface area contributed by atoms with E-state index >= 15 is 0 Å². The molecule has 0 spiro atoms. The molecule has 1 rings (SSSR count). The van der Waals surface area contributed by atoms with Gasteiger partial charge in [0.25, 0.3) is 0 Å². The zero-order valence-electron chi connectivity index (χ0n) is 8.79. The van der Waals surface area contributed by atoms with Crippen molar-refractivity contribution in [2.24, 2.45) is 0 Å². The molecule has 14 heavy (non-hydrogen) atoms. The zero-order valence-corrected chi connectivity index (χ0v) is 8.79. The van der Waals surface area contributed by atoms with Crippen LogP contribution in [0.25, 0.3) is 0 Å². The number of aryl methyl sites for hydroxylation is 1. The van der Waals surface area contributed by atoms with Crippen LogP contribution >= 0.6 is 0 Å². The van der Waals surface area contributed by atoms with E-state index in [1.807, 2.05) is 6.92 Å². The van der Waals surface area contributed by atoms with E-state index < -0.39 is 0 Å². The van der Waals surface area contributed by atoms with Crippen LogP contribution in [0, 0.1) is 0 Å². The van der Waals surface area contributed by atoms with Crippen LogP contribution in [0.3, 0.4) is 0 Å². The molecular formula is C10H17N3O. The number of hydrogen-bond donors (Lipinski definition) is 1. The van der Waals surface area contributed by atoms with Crippen molar-refractivity contribution >= 4 is 5.78 Å². The minimum Gasteiger partial charge on any atom is -0.310 e. The van der Waals surface area contributed by atoms with Crippen LogP contribution < -0.4 is 5.32 Å². The van der Waals surface area contributed by atoms with Gasteiger partial charge in [0.15, 0.2) is 5.78 Å². The highest BCUT2D eigenvalue weighted by atomic mass is 16.1. The highest BCUT2D eigenvalue weighted by Gasteiger charge is 2.09. The fourth-order valence-corrected chi connectivity index (χ4v) is 1.29. The highest BCUT2D eigenvalue weighted by molar-refractivity contribution is 5.96. The maximum absolute atomic E-state index is 11.6. The highest BCUT2D eigenvalue weighted by Crippen LogP contribution is 1.99. The summed E-state index contributed by atoms with van der Waals surface area (Å²) < 4.78 is 1.72. The van der Waals surface area contributed by atoms with Crippen LogP contribution in [-0.2, 0) is 6.54 Å². The van der Waals surface area contributed by atoms with Crippen molar-refractivity contribution in [2.45, 2.75) is 26.8 Å². The Labute approximate surface area is 84.3 Å². The number of nitrogens with one attached hydrogen (secondary N) is 1. The first kappa shape index (κ1) is 10.9. The second kappa shape index (κ2) is 5.54. The second-order valence-electron chi connectivity index (χ2n) is 3.13. The Kier molecular flexibility index (Phi) is 4.32. The lowest BCUT2D eigenvalue weighted by molar-refractivity contribution is 0.0981. The van der Waals surface area contributed by atoms with E-state index in [2.05, 4.69) is 17.3 Å². The van der Waals surface area contributed by atoms with Crippen molar-refractivity contribution in [1.29, 1.82) is 0 Å². The number of Topliss-reactive ketones (excluding diaryl/α,β-unsaturated/α-hetero) is 1. The Morgan fingerprint density at radius 3 is 3.00 bits per heavy atom. The van der Waals surface area contributed by atoms with Gasteiger partial charge in [-0.25, -0.2) is 0 Å². The Morgan fingerprint density at radius 1 is 1.57 bits per heavy atom. The molecule has 1 aromatic heterocycles. The van der Waals surface area contributed by atoms with E-state index in [0.717, 1.165) is 19.5 Å². The summed E-state index contributed by atoms with van der Waals surface area (Å²) in [5.74, 6) is 0.109. The summed E-state index contributed by atoms with van der Waals surface area (Å²) in [5.41, 5.74) is 0.691. The molecule has 1 heterocycles. The number of ketones is 1. The molecule has 1 N–H and O–H groups in total. The van der Waals surface area contributed by atoms with Gasteiger partial charge in [0.2, 0.25) is 0 Å². The molecule has 0 amide bonds. The third-order valence-electron chi connectivity index (χ3n) is 2.01. The molecule has 0 aliphatic heterocycles. The Balaban J connectivity index is 2.51. The van der Waals surface area contributed by atoms with Gasteiger partial charge in [-0.2, -0.15) is 5.10 Å². The maximum atomic E-state index is 11.6. The number of carbonyl (C=O) groups excluding carboxylic acids is 1. The number of carbonyl (C=O) groups is 1. The number of aromatic nitrogens is 2. The van der Waals surface area contributed by atoms with E-state index in [4.69, 9.17) is 0 Å². The Hall–Kier alpha value is -1.16. The largest absolute Gasteiger partial charge is 0.310 e. The predicted octanol–water partition coefficient (Wildman–Crippen LogP) is 1.09. The zero-order chi connectivity index (χ0) is 10.4. The first-order valence-electron chi connectivity index (χ1n) is 5.05. The minimum atomic E-state index is 0.109. The van der Waals surface area contributed by atoms with Crippen molar-refractivity contribution in [3.63, 3.8) is 0 Å². The maximum Gasteiger partial charge on any atom is 0.194 e. The summed E-state index contributed by atoms with van der Waals surface area (Å²) in [5, 5.41) is 7.14. The van der Waals surface area contributed by atoms with Gasteiger partial charge in [0.1, 0.15) is 5.69 Å². The van der Waals surface area contributed by atoms with E-state index in [1.165, 1.54) is 0 Å². The second-order valence-corrected chi connectivity index (χ2v) is 3.13. The minimum absolute atomic E-state index is 0.109. The van der Waals surface area contributed by atoms with Crippen molar-refractivity contribution in [3.8, 4) is 0 Å². The van der Waals surface area contributed by atoms with Crippen LogP contribution in [0.5, 0.6) is 0 Å². The summed E-state index contributed by atoms with van der Waals surface area (Å²) in [6.45, 7) is 6.07. The normalized spacial score (nSPS) is 10.4. The number of hydrogen-bond acceptors (Lipinski definition) is 3. The monoisotopic (exact) mass is 195 g/mol. The molecule has 0 aliphatic carbocycles. The summed E-state index contributed by atoms with van der Waals surface area (Å²) in [6, 6.07) is 1.76. The van der Waals surface area contributed by atoms with Gasteiger partial charge in [0.05, 0.1) is 6.54 Å². The van der Waals surface area contributed by atoms with Gasteiger partial charge in [0, 0.05) is 12.7 Å². The molecule has 0 aromatic carbocycles. The third kappa shape index (κ3) is 2.67. The van der Waals surface area contributed by atoms with Gasteiger partial charge >= 0.3 is 0 Å². The number of rotatable bonds is 6. The standard InChI is InChI=1S/C10H17N3O/c1-3-6-11-8-10(14)9-5-7-12-13(9)4-2/h5,7,11H,3-4,6,8H2,1-2H3. The smallest absolute Gasteiger partial charge is 0.194 e. The van der Waals surface area contributed by atoms with Gasteiger partial charge in [-0.15, -0.1) is 0 Å². The molecule has 1 aromatic rings. The van der Waals surface area contributed by atoms with E-state index in [0.29, 0.717) is 12.2 Å². The first-order chi connectivity index (χ1) is 6.79. The molecule has 0 bridgehead atoms. The molecule has 0 fully saturated rings.